The van der Waals surface area contributed by atoms with Crippen molar-refractivity contribution in [2.24, 2.45) is 17.8 Å². The molecule has 0 unspecified atom stereocenters. The molecule has 120 valence electrons. The second-order valence-corrected chi connectivity index (χ2v) is 8.22. The number of sulfonamides is 1. The highest BCUT2D eigenvalue weighted by molar-refractivity contribution is 7.89. The predicted octanol–water partition coefficient (Wildman–Crippen LogP) is 2.70. The van der Waals surface area contributed by atoms with Crippen LogP contribution in [0.3, 0.4) is 0 Å². The van der Waals surface area contributed by atoms with E-state index >= 15 is 0 Å². The first-order chi connectivity index (χ1) is 10.4. The van der Waals surface area contributed by atoms with Gasteiger partial charge in [-0.05, 0) is 50.0 Å². The number of hydrogen-bond donors (Lipinski definition) is 1. The van der Waals surface area contributed by atoms with Gasteiger partial charge < -0.3 is 0 Å². The molecular formula is C15H20N2O4S. The van der Waals surface area contributed by atoms with Crippen molar-refractivity contribution in [2.75, 3.05) is 0 Å². The summed E-state index contributed by atoms with van der Waals surface area (Å²) in [7, 11) is -3.72. The maximum absolute atomic E-state index is 12.4. The van der Waals surface area contributed by atoms with Crippen molar-refractivity contribution in [3.05, 3.63) is 34.4 Å². The largest absolute Gasteiger partial charge is 0.270 e. The minimum Gasteiger partial charge on any atom is -0.258 e. The van der Waals surface area contributed by atoms with Gasteiger partial charge in [0.15, 0.2) is 0 Å². The summed E-state index contributed by atoms with van der Waals surface area (Å²) in [5, 5.41) is 10.8. The lowest BCUT2D eigenvalue weighted by molar-refractivity contribution is -0.385. The number of hydrogen-bond acceptors (Lipinski definition) is 4. The number of rotatable bonds is 5. The maximum atomic E-state index is 12.4. The summed E-state index contributed by atoms with van der Waals surface area (Å²) in [5.41, 5.74) is -0.213. The van der Waals surface area contributed by atoms with E-state index in [0.29, 0.717) is 11.8 Å². The number of nitrogens with zero attached hydrogens (tertiary/aromatic N) is 1. The molecule has 0 saturated heterocycles. The quantitative estimate of drug-likeness (QED) is 0.666. The SMILES string of the molecule is C[C@H](NS(=O)(=O)c1cccc([N+](=O)[O-])c1)[C@H]1C[C@H]2CC[C@H]1C2. The van der Waals surface area contributed by atoms with Crippen LogP contribution in [-0.2, 0) is 10.0 Å². The fourth-order valence-electron chi connectivity index (χ4n) is 4.07. The summed E-state index contributed by atoms with van der Waals surface area (Å²) in [6, 6.07) is 5.05. The lowest BCUT2D eigenvalue weighted by Gasteiger charge is -2.28. The third-order valence-corrected chi connectivity index (χ3v) is 6.67. The zero-order valence-electron chi connectivity index (χ0n) is 12.4. The zero-order valence-corrected chi connectivity index (χ0v) is 13.3. The van der Waals surface area contributed by atoms with E-state index in [9.17, 15) is 18.5 Å². The maximum Gasteiger partial charge on any atom is 0.270 e. The fourth-order valence-corrected chi connectivity index (χ4v) is 5.40. The van der Waals surface area contributed by atoms with Crippen LogP contribution in [0, 0.1) is 27.9 Å². The molecule has 0 spiro atoms. The Morgan fingerprint density at radius 1 is 1.32 bits per heavy atom. The van der Waals surface area contributed by atoms with E-state index < -0.39 is 14.9 Å². The van der Waals surface area contributed by atoms with Crippen molar-refractivity contribution in [3.8, 4) is 0 Å². The smallest absolute Gasteiger partial charge is 0.258 e. The van der Waals surface area contributed by atoms with Crippen LogP contribution in [0.25, 0.3) is 0 Å². The number of fused-ring (bicyclic) bond motifs is 2. The molecule has 2 aliphatic rings. The molecule has 0 heterocycles. The molecule has 1 aromatic carbocycles. The zero-order chi connectivity index (χ0) is 15.9. The summed E-state index contributed by atoms with van der Waals surface area (Å²) in [6.07, 6.45) is 4.76. The predicted molar refractivity (Wildman–Crippen MR) is 81.8 cm³/mol. The number of nitrogens with one attached hydrogen (secondary N) is 1. The molecule has 0 aromatic heterocycles. The minimum absolute atomic E-state index is 0.0447. The molecule has 6 nitrogen and oxygen atoms in total. The van der Waals surface area contributed by atoms with Crippen LogP contribution in [-0.4, -0.2) is 19.4 Å². The van der Waals surface area contributed by atoms with Crippen LogP contribution in [0.2, 0.25) is 0 Å². The highest BCUT2D eigenvalue weighted by Gasteiger charge is 2.42. The van der Waals surface area contributed by atoms with E-state index in [1.807, 2.05) is 6.92 Å². The van der Waals surface area contributed by atoms with Gasteiger partial charge in [0.2, 0.25) is 10.0 Å². The van der Waals surface area contributed by atoms with Gasteiger partial charge >= 0.3 is 0 Å². The molecular weight excluding hydrogens is 304 g/mol. The van der Waals surface area contributed by atoms with E-state index in [1.165, 1.54) is 37.5 Å². The van der Waals surface area contributed by atoms with E-state index in [2.05, 4.69) is 4.72 Å². The van der Waals surface area contributed by atoms with E-state index in [4.69, 9.17) is 0 Å². The number of nitro benzene ring substituents is 1. The van der Waals surface area contributed by atoms with E-state index in [-0.39, 0.29) is 16.6 Å². The first-order valence-electron chi connectivity index (χ1n) is 7.63. The Hall–Kier alpha value is -1.47. The van der Waals surface area contributed by atoms with Crippen molar-refractivity contribution in [2.45, 2.75) is 43.5 Å². The second kappa shape index (κ2) is 5.62. The molecule has 2 bridgehead atoms. The first-order valence-corrected chi connectivity index (χ1v) is 9.12. The number of nitro groups is 1. The van der Waals surface area contributed by atoms with Crippen LogP contribution in [0.15, 0.2) is 29.2 Å². The molecule has 7 heteroatoms. The first kappa shape index (κ1) is 15.4. The Morgan fingerprint density at radius 3 is 2.68 bits per heavy atom. The van der Waals surface area contributed by atoms with E-state index in [0.717, 1.165) is 18.4 Å². The Labute approximate surface area is 130 Å². The van der Waals surface area contributed by atoms with Crippen molar-refractivity contribution < 1.29 is 13.3 Å². The lowest BCUT2D eigenvalue weighted by atomic mass is 9.84. The third-order valence-electron chi connectivity index (χ3n) is 5.11. The Morgan fingerprint density at radius 2 is 2.09 bits per heavy atom. The molecule has 2 aliphatic carbocycles. The van der Waals surface area contributed by atoms with Gasteiger partial charge in [-0.3, -0.25) is 10.1 Å². The third kappa shape index (κ3) is 2.87. The summed E-state index contributed by atoms with van der Waals surface area (Å²) in [6.45, 7) is 1.90. The van der Waals surface area contributed by atoms with E-state index in [1.54, 1.807) is 0 Å². The van der Waals surface area contributed by atoms with Gasteiger partial charge in [0, 0.05) is 18.2 Å². The summed E-state index contributed by atoms with van der Waals surface area (Å²) < 4.78 is 27.6. The van der Waals surface area contributed by atoms with Gasteiger partial charge in [-0.2, -0.15) is 0 Å². The van der Waals surface area contributed by atoms with Gasteiger partial charge in [0.25, 0.3) is 5.69 Å². The van der Waals surface area contributed by atoms with Gasteiger partial charge in [-0.1, -0.05) is 12.5 Å². The minimum atomic E-state index is -3.72. The molecule has 0 aliphatic heterocycles. The number of non-ortho nitro benzene ring substituents is 1. The van der Waals surface area contributed by atoms with Crippen molar-refractivity contribution in [1.29, 1.82) is 0 Å². The molecule has 2 fully saturated rings. The molecule has 1 aromatic rings. The average Bonchev–Trinajstić information content (AvgIpc) is 3.09. The van der Waals surface area contributed by atoms with Crippen molar-refractivity contribution >= 4 is 15.7 Å². The Bertz CT molecular complexity index is 689. The van der Waals surface area contributed by atoms with Crippen molar-refractivity contribution in [3.63, 3.8) is 0 Å². The fraction of sp³-hybridized carbons (Fsp3) is 0.600. The monoisotopic (exact) mass is 324 g/mol. The Balaban J connectivity index is 1.76. The number of benzene rings is 1. The van der Waals surface area contributed by atoms with Gasteiger partial charge in [-0.15, -0.1) is 0 Å². The molecule has 4 atom stereocenters. The molecule has 22 heavy (non-hydrogen) atoms. The van der Waals surface area contributed by atoms with Crippen molar-refractivity contribution in [1.82, 2.24) is 4.72 Å². The van der Waals surface area contributed by atoms with Crippen LogP contribution >= 0.6 is 0 Å². The van der Waals surface area contributed by atoms with Gasteiger partial charge in [0.05, 0.1) is 9.82 Å². The summed E-state index contributed by atoms with van der Waals surface area (Å²) in [4.78, 5) is 10.2. The van der Waals surface area contributed by atoms with Crippen LogP contribution < -0.4 is 4.72 Å². The van der Waals surface area contributed by atoms with Gasteiger partial charge in [0.1, 0.15) is 0 Å². The molecule has 0 amide bonds. The Kier molecular flexibility index (Phi) is 3.94. The lowest BCUT2D eigenvalue weighted by Crippen LogP contribution is -2.40. The van der Waals surface area contributed by atoms with Crippen LogP contribution in [0.5, 0.6) is 0 Å². The highest BCUT2D eigenvalue weighted by Crippen LogP contribution is 2.49. The molecule has 2 saturated carbocycles. The van der Waals surface area contributed by atoms with Crippen LogP contribution in [0.1, 0.15) is 32.6 Å². The molecule has 1 N–H and O–H groups in total. The second-order valence-electron chi connectivity index (χ2n) is 6.50. The standard InChI is InChI=1S/C15H20N2O4S/c1-10(15-8-11-5-6-12(15)7-11)16-22(20,21)14-4-2-3-13(9-14)17(18)19/h2-4,9-12,15-16H,5-8H2,1H3/t10-,11-,12-,15+/m0/s1. The molecule has 0 radical (unpaired) electrons. The summed E-state index contributed by atoms with van der Waals surface area (Å²) >= 11 is 0. The van der Waals surface area contributed by atoms with Crippen LogP contribution in [0.4, 0.5) is 5.69 Å². The highest BCUT2D eigenvalue weighted by atomic mass is 32.2. The topological polar surface area (TPSA) is 89.3 Å². The average molecular weight is 324 g/mol. The van der Waals surface area contributed by atoms with Gasteiger partial charge in [-0.25, -0.2) is 13.1 Å². The molecule has 3 rings (SSSR count). The summed E-state index contributed by atoms with van der Waals surface area (Å²) in [5.74, 6) is 1.75. The normalized spacial score (nSPS) is 28.7.